The lowest BCUT2D eigenvalue weighted by Gasteiger charge is -2.16. The Balaban J connectivity index is 1.91. The van der Waals surface area contributed by atoms with Crippen molar-refractivity contribution in [1.29, 1.82) is 5.26 Å². The summed E-state index contributed by atoms with van der Waals surface area (Å²) in [6, 6.07) is 13.8. The van der Waals surface area contributed by atoms with E-state index < -0.39 is 10.0 Å². The minimum Gasteiger partial charge on any atom is -0.384 e. The average Bonchev–Trinajstić information content (AvgIpc) is 3.07. The zero-order valence-corrected chi connectivity index (χ0v) is 14.7. The first-order chi connectivity index (χ1) is 12.1. The molecule has 1 aromatic carbocycles. The fourth-order valence-electron chi connectivity index (χ4n) is 3.22. The van der Waals surface area contributed by atoms with Crippen LogP contribution < -0.4 is 0 Å². The van der Waals surface area contributed by atoms with E-state index in [9.17, 15) is 8.42 Å². The van der Waals surface area contributed by atoms with Gasteiger partial charge in [0.2, 0.25) is 10.0 Å². The van der Waals surface area contributed by atoms with Gasteiger partial charge in [0.05, 0.1) is 23.1 Å². The van der Waals surface area contributed by atoms with Crippen molar-refractivity contribution in [2.24, 2.45) is 5.92 Å². The second kappa shape index (κ2) is 7.31. The molecular formula is C18H19N3O3S. The Bertz CT molecular complexity index is 878. The van der Waals surface area contributed by atoms with E-state index in [1.807, 2.05) is 24.3 Å². The zero-order chi connectivity index (χ0) is 17.9. The molecule has 1 aliphatic heterocycles. The maximum Gasteiger partial charge on any atom is 0.243 e. The van der Waals surface area contributed by atoms with E-state index in [1.165, 1.54) is 16.4 Å². The highest BCUT2D eigenvalue weighted by molar-refractivity contribution is 7.89. The van der Waals surface area contributed by atoms with Crippen LogP contribution in [0.1, 0.15) is 17.2 Å². The van der Waals surface area contributed by atoms with Crippen molar-refractivity contribution in [3.63, 3.8) is 0 Å². The van der Waals surface area contributed by atoms with Crippen LogP contribution in [0.4, 0.5) is 0 Å². The van der Waals surface area contributed by atoms with Gasteiger partial charge in [-0.15, -0.1) is 0 Å². The van der Waals surface area contributed by atoms with E-state index in [1.54, 1.807) is 25.4 Å². The summed E-state index contributed by atoms with van der Waals surface area (Å²) in [7, 11) is -2.05. The Morgan fingerprint density at radius 3 is 2.80 bits per heavy atom. The molecule has 130 valence electrons. The molecule has 2 aromatic rings. The van der Waals surface area contributed by atoms with E-state index in [0.717, 1.165) is 5.69 Å². The Morgan fingerprint density at radius 2 is 2.12 bits per heavy atom. The molecule has 3 rings (SSSR count). The van der Waals surface area contributed by atoms with Crippen LogP contribution in [0.15, 0.2) is 53.6 Å². The molecule has 1 saturated heterocycles. The van der Waals surface area contributed by atoms with E-state index in [2.05, 4.69) is 4.98 Å². The van der Waals surface area contributed by atoms with Crippen LogP contribution in [0.5, 0.6) is 0 Å². The number of rotatable bonds is 5. The molecule has 0 amide bonds. The molecule has 2 atom stereocenters. The topological polar surface area (TPSA) is 83.3 Å². The highest BCUT2D eigenvalue weighted by Gasteiger charge is 2.40. The lowest BCUT2D eigenvalue weighted by Crippen LogP contribution is -2.29. The lowest BCUT2D eigenvalue weighted by atomic mass is 9.93. The maximum atomic E-state index is 13.0. The summed E-state index contributed by atoms with van der Waals surface area (Å²) in [5.41, 5.74) is 1.20. The second-order valence-electron chi connectivity index (χ2n) is 6.04. The van der Waals surface area contributed by atoms with Gasteiger partial charge < -0.3 is 4.74 Å². The van der Waals surface area contributed by atoms with Gasteiger partial charge in [0.1, 0.15) is 0 Å². The summed E-state index contributed by atoms with van der Waals surface area (Å²) < 4.78 is 32.7. The van der Waals surface area contributed by atoms with Gasteiger partial charge in [-0.3, -0.25) is 4.98 Å². The summed E-state index contributed by atoms with van der Waals surface area (Å²) >= 11 is 0. The van der Waals surface area contributed by atoms with E-state index >= 15 is 0 Å². The first kappa shape index (κ1) is 17.5. The number of aromatic nitrogens is 1. The van der Waals surface area contributed by atoms with Crippen LogP contribution >= 0.6 is 0 Å². The summed E-state index contributed by atoms with van der Waals surface area (Å²) in [5.74, 6) is 0.0175. The third-order valence-electron chi connectivity index (χ3n) is 4.46. The minimum atomic E-state index is -3.66. The molecule has 0 saturated carbocycles. The largest absolute Gasteiger partial charge is 0.384 e. The Labute approximate surface area is 147 Å². The number of ether oxygens (including phenoxy) is 1. The number of hydrogen-bond acceptors (Lipinski definition) is 5. The molecule has 0 radical (unpaired) electrons. The van der Waals surface area contributed by atoms with E-state index in [4.69, 9.17) is 10.00 Å². The van der Waals surface area contributed by atoms with Crippen molar-refractivity contribution in [3.05, 3.63) is 59.9 Å². The third-order valence-corrected chi connectivity index (χ3v) is 6.28. The number of pyridine rings is 1. The highest BCUT2D eigenvalue weighted by Crippen LogP contribution is 2.35. The van der Waals surface area contributed by atoms with Gasteiger partial charge in [0, 0.05) is 43.9 Å². The zero-order valence-electron chi connectivity index (χ0n) is 13.9. The van der Waals surface area contributed by atoms with Crippen LogP contribution in [0.3, 0.4) is 0 Å². The molecule has 0 aliphatic carbocycles. The SMILES string of the molecule is COC[C@@H]1CN(S(=O)(=O)c2cccc(C#N)c2)C[C@H]1c1ccccn1. The summed E-state index contributed by atoms with van der Waals surface area (Å²) in [6.45, 7) is 1.18. The number of sulfonamides is 1. The molecule has 1 aromatic heterocycles. The van der Waals surface area contributed by atoms with Gasteiger partial charge in [-0.25, -0.2) is 8.42 Å². The summed E-state index contributed by atoms with van der Waals surface area (Å²) in [5, 5.41) is 9.01. The second-order valence-corrected chi connectivity index (χ2v) is 7.98. The Hall–Kier alpha value is -2.27. The number of methoxy groups -OCH3 is 1. The van der Waals surface area contributed by atoms with Crippen LogP contribution in [0, 0.1) is 17.2 Å². The van der Waals surface area contributed by atoms with Crippen LogP contribution in [0.2, 0.25) is 0 Å². The predicted octanol–water partition coefficient (Wildman–Crippen LogP) is 2.00. The van der Waals surface area contributed by atoms with Crippen molar-refractivity contribution in [2.75, 3.05) is 26.8 Å². The fourth-order valence-corrected chi connectivity index (χ4v) is 4.79. The number of nitriles is 1. The molecule has 7 heteroatoms. The summed E-state index contributed by atoms with van der Waals surface area (Å²) in [4.78, 5) is 4.53. The van der Waals surface area contributed by atoms with E-state index in [0.29, 0.717) is 25.3 Å². The molecule has 6 nitrogen and oxygen atoms in total. The van der Waals surface area contributed by atoms with Gasteiger partial charge in [-0.1, -0.05) is 12.1 Å². The summed E-state index contributed by atoms with van der Waals surface area (Å²) in [6.07, 6.45) is 1.72. The Kier molecular flexibility index (Phi) is 5.13. The number of benzene rings is 1. The third kappa shape index (κ3) is 3.56. The molecular weight excluding hydrogens is 338 g/mol. The number of nitrogens with zero attached hydrogens (tertiary/aromatic N) is 3. The molecule has 25 heavy (non-hydrogen) atoms. The van der Waals surface area contributed by atoms with Gasteiger partial charge in [-0.05, 0) is 30.3 Å². The van der Waals surface area contributed by atoms with Crippen molar-refractivity contribution >= 4 is 10.0 Å². The molecule has 1 aliphatic rings. The van der Waals surface area contributed by atoms with Gasteiger partial charge >= 0.3 is 0 Å². The molecule has 0 bridgehead atoms. The molecule has 0 unspecified atom stereocenters. The van der Waals surface area contributed by atoms with Crippen LogP contribution in [-0.2, 0) is 14.8 Å². The van der Waals surface area contributed by atoms with Crippen molar-refractivity contribution in [3.8, 4) is 6.07 Å². The number of hydrogen-bond donors (Lipinski definition) is 0. The van der Waals surface area contributed by atoms with Crippen molar-refractivity contribution in [2.45, 2.75) is 10.8 Å². The molecule has 1 fully saturated rings. The van der Waals surface area contributed by atoms with Gasteiger partial charge in [-0.2, -0.15) is 9.57 Å². The molecule has 0 N–H and O–H groups in total. The van der Waals surface area contributed by atoms with Crippen molar-refractivity contribution < 1.29 is 13.2 Å². The first-order valence-electron chi connectivity index (χ1n) is 7.96. The Morgan fingerprint density at radius 1 is 1.28 bits per heavy atom. The van der Waals surface area contributed by atoms with Crippen LogP contribution in [-0.4, -0.2) is 44.5 Å². The maximum absolute atomic E-state index is 13.0. The standard InChI is InChI=1S/C18H19N3O3S/c1-24-13-15-11-21(12-17(15)18-7-2-3-8-20-18)25(22,23)16-6-4-5-14(9-16)10-19/h2-9,15,17H,11-13H2,1H3/t15-,17+/m0/s1. The fraction of sp³-hybridized carbons (Fsp3) is 0.333. The van der Waals surface area contributed by atoms with Crippen LogP contribution in [0.25, 0.3) is 0 Å². The van der Waals surface area contributed by atoms with E-state index in [-0.39, 0.29) is 16.7 Å². The van der Waals surface area contributed by atoms with Gasteiger partial charge in [0.15, 0.2) is 0 Å². The minimum absolute atomic E-state index is 0.0184. The predicted molar refractivity (Wildman–Crippen MR) is 92.3 cm³/mol. The molecule has 2 heterocycles. The first-order valence-corrected chi connectivity index (χ1v) is 9.40. The average molecular weight is 357 g/mol. The van der Waals surface area contributed by atoms with Gasteiger partial charge in [0.25, 0.3) is 0 Å². The van der Waals surface area contributed by atoms with Crippen molar-refractivity contribution in [1.82, 2.24) is 9.29 Å². The molecule has 0 spiro atoms. The normalized spacial score (nSPS) is 21.1. The highest BCUT2D eigenvalue weighted by atomic mass is 32.2. The smallest absolute Gasteiger partial charge is 0.243 e. The quantitative estimate of drug-likeness (QED) is 0.817. The lowest BCUT2D eigenvalue weighted by molar-refractivity contribution is 0.150. The monoisotopic (exact) mass is 357 g/mol.